The van der Waals surface area contributed by atoms with Gasteiger partial charge in [-0.2, -0.15) is 0 Å². The first-order valence-corrected chi connectivity index (χ1v) is 9.65. The second kappa shape index (κ2) is 7.05. The zero-order valence-electron chi connectivity index (χ0n) is 15.8. The third kappa shape index (κ3) is 3.23. The molecule has 29 heavy (non-hydrogen) atoms. The van der Waals surface area contributed by atoms with Crippen molar-refractivity contribution in [1.29, 1.82) is 0 Å². The second-order valence-corrected chi connectivity index (χ2v) is 7.28. The Kier molecular flexibility index (Phi) is 4.24. The minimum Gasteiger partial charge on any atom is -0.457 e. The maximum absolute atomic E-state index is 11.8. The molecule has 6 heteroatoms. The van der Waals surface area contributed by atoms with E-state index in [9.17, 15) is 4.79 Å². The molecule has 0 bridgehead atoms. The van der Waals surface area contributed by atoms with E-state index in [-0.39, 0.29) is 6.04 Å². The Morgan fingerprint density at radius 1 is 1.00 bits per heavy atom. The summed E-state index contributed by atoms with van der Waals surface area (Å²) in [5.41, 5.74) is 8.95. The van der Waals surface area contributed by atoms with Crippen LogP contribution in [0.25, 0.3) is 22.2 Å². The molecule has 144 valence electrons. The number of rotatable bonds is 4. The van der Waals surface area contributed by atoms with Crippen molar-refractivity contribution >= 4 is 22.6 Å². The SMILES string of the molecule is Nc1ncnc2c1c(-c1ccc(Oc3ccccc3)cc1)cn2C1CCC(=O)C1. The number of nitrogens with two attached hydrogens (primary N) is 1. The van der Waals surface area contributed by atoms with Crippen LogP contribution in [-0.2, 0) is 4.79 Å². The van der Waals surface area contributed by atoms with Gasteiger partial charge in [-0.15, -0.1) is 0 Å². The Morgan fingerprint density at radius 3 is 2.48 bits per heavy atom. The third-order valence-corrected chi connectivity index (χ3v) is 5.40. The van der Waals surface area contributed by atoms with Crippen LogP contribution in [0.3, 0.4) is 0 Å². The van der Waals surface area contributed by atoms with E-state index in [1.54, 1.807) is 0 Å². The van der Waals surface area contributed by atoms with Gasteiger partial charge in [0.15, 0.2) is 0 Å². The quantitative estimate of drug-likeness (QED) is 0.548. The average molecular weight is 384 g/mol. The molecule has 2 N–H and O–H groups in total. The molecule has 5 rings (SSSR count). The number of nitrogens with zero attached hydrogens (tertiary/aromatic N) is 3. The molecule has 1 aliphatic rings. The molecule has 0 spiro atoms. The molecule has 6 nitrogen and oxygen atoms in total. The van der Waals surface area contributed by atoms with Gasteiger partial charge >= 0.3 is 0 Å². The third-order valence-electron chi connectivity index (χ3n) is 5.40. The summed E-state index contributed by atoms with van der Waals surface area (Å²) in [6.07, 6.45) is 5.51. The predicted molar refractivity (Wildman–Crippen MR) is 112 cm³/mol. The second-order valence-electron chi connectivity index (χ2n) is 7.28. The molecule has 0 aliphatic heterocycles. The Labute approximate surface area is 168 Å². The summed E-state index contributed by atoms with van der Waals surface area (Å²) >= 11 is 0. The maximum atomic E-state index is 11.8. The summed E-state index contributed by atoms with van der Waals surface area (Å²) in [5.74, 6) is 2.29. The number of para-hydroxylation sites is 1. The van der Waals surface area contributed by atoms with Crippen LogP contribution in [-0.4, -0.2) is 20.3 Å². The lowest BCUT2D eigenvalue weighted by atomic mass is 10.1. The minimum atomic E-state index is 0.119. The van der Waals surface area contributed by atoms with E-state index < -0.39 is 0 Å². The van der Waals surface area contributed by atoms with Gasteiger partial charge in [-0.25, -0.2) is 9.97 Å². The standard InChI is InChI=1S/C23H20N4O2/c24-22-21-20(13-27(23(21)26-14-25-22)16-8-9-17(28)12-16)15-6-10-19(11-7-15)29-18-4-2-1-3-5-18/h1-7,10-11,13-14,16H,8-9,12H2,(H2,24,25,26). The first-order valence-electron chi connectivity index (χ1n) is 9.65. The number of Topliss-reactive ketones (excluding diaryl/α,β-unsaturated/α-hetero) is 1. The predicted octanol–water partition coefficient (Wildman–Crippen LogP) is 4.77. The van der Waals surface area contributed by atoms with Gasteiger partial charge in [0, 0.05) is 30.6 Å². The van der Waals surface area contributed by atoms with Crippen LogP contribution in [0.4, 0.5) is 5.82 Å². The highest BCUT2D eigenvalue weighted by molar-refractivity contribution is 6.00. The number of hydrogen-bond donors (Lipinski definition) is 1. The molecule has 1 atom stereocenters. The first kappa shape index (κ1) is 17.4. The normalized spacial score (nSPS) is 16.4. The molecule has 1 aliphatic carbocycles. The highest BCUT2D eigenvalue weighted by Gasteiger charge is 2.27. The maximum Gasteiger partial charge on any atom is 0.146 e. The molecule has 0 saturated heterocycles. The van der Waals surface area contributed by atoms with Gasteiger partial charge in [-0.05, 0) is 36.2 Å². The monoisotopic (exact) mass is 384 g/mol. The molecule has 2 aromatic heterocycles. The minimum absolute atomic E-state index is 0.119. The van der Waals surface area contributed by atoms with E-state index >= 15 is 0 Å². The van der Waals surface area contributed by atoms with Crippen molar-refractivity contribution in [3.05, 3.63) is 67.1 Å². The Morgan fingerprint density at radius 2 is 1.76 bits per heavy atom. The molecule has 1 unspecified atom stereocenters. The van der Waals surface area contributed by atoms with Crippen LogP contribution < -0.4 is 10.5 Å². The van der Waals surface area contributed by atoms with E-state index in [4.69, 9.17) is 10.5 Å². The van der Waals surface area contributed by atoms with E-state index in [1.165, 1.54) is 6.33 Å². The molecule has 4 aromatic rings. The Hall–Kier alpha value is -3.67. The van der Waals surface area contributed by atoms with Gasteiger partial charge in [0.25, 0.3) is 0 Å². The van der Waals surface area contributed by atoms with Crippen LogP contribution in [0.5, 0.6) is 11.5 Å². The van der Waals surface area contributed by atoms with Crippen molar-refractivity contribution in [3.63, 3.8) is 0 Å². The van der Waals surface area contributed by atoms with E-state index in [0.717, 1.165) is 40.1 Å². The number of nitrogen functional groups attached to an aromatic ring is 1. The fourth-order valence-corrected chi connectivity index (χ4v) is 3.96. The summed E-state index contributed by atoms with van der Waals surface area (Å²) in [5, 5.41) is 0.823. The number of benzene rings is 2. The van der Waals surface area contributed by atoms with E-state index in [1.807, 2.05) is 60.8 Å². The number of anilines is 1. The lowest BCUT2D eigenvalue weighted by molar-refractivity contribution is -0.117. The van der Waals surface area contributed by atoms with Gasteiger partial charge in [-0.1, -0.05) is 30.3 Å². The van der Waals surface area contributed by atoms with Crippen molar-refractivity contribution in [1.82, 2.24) is 14.5 Å². The smallest absolute Gasteiger partial charge is 0.146 e. The van der Waals surface area contributed by atoms with Gasteiger partial charge < -0.3 is 15.0 Å². The number of carbonyl (C=O) groups is 1. The van der Waals surface area contributed by atoms with Crippen LogP contribution >= 0.6 is 0 Å². The number of fused-ring (bicyclic) bond motifs is 1. The molecule has 2 aromatic carbocycles. The van der Waals surface area contributed by atoms with Gasteiger partial charge in [-0.3, -0.25) is 4.79 Å². The van der Waals surface area contributed by atoms with Gasteiger partial charge in [0.05, 0.1) is 5.39 Å². The Balaban J connectivity index is 1.54. The van der Waals surface area contributed by atoms with Crippen LogP contribution in [0, 0.1) is 0 Å². The summed E-state index contributed by atoms with van der Waals surface area (Å²) in [6, 6.07) is 17.7. The van der Waals surface area contributed by atoms with Crippen molar-refractivity contribution in [3.8, 4) is 22.6 Å². The summed E-state index contributed by atoms with van der Waals surface area (Å²) in [6.45, 7) is 0. The number of ketones is 1. The topological polar surface area (TPSA) is 83.0 Å². The van der Waals surface area contributed by atoms with Crippen LogP contribution in [0.1, 0.15) is 25.3 Å². The molecule has 1 fully saturated rings. The molecular weight excluding hydrogens is 364 g/mol. The van der Waals surface area contributed by atoms with E-state index in [2.05, 4.69) is 14.5 Å². The highest BCUT2D eigenvalue weighted by atomic mass is 16.5. The fourth-order valence-electron chi connectivity index (χ4n) is 3.96. The average Bonchev–Trinajstić information content (AvgIpc) is 3.34. The molecular formula is C23H20N4O2. The fraction of sp³-hybridized carbons (Fsp3) is 0.174. The Bertz CT molecular complexity index is 1180. The lowest BCUT2D eigenvalue weighted by Crippen LogP contribution is -2.05. The van der Waals surface area contributed by atoms with Crippen molar-refractivity contribution < 1.29 is 9.53 Å². The number of carbonyl (C=O) groups excluding carboxylic acids is 1. The summed E-state index contributed by atoms with van der Waals surface area (Å²) in [4.78, 5) is 20.5. The molecule has 0 radical (unpaired) electrons. The number of aromatic nitrogens is 3. The molecule has 1 saturated carbocycles. The van der Waals surface area contributed by atoms with Crippen molar-refractivity contribution in [2.45, 2.75) is 25.3 Å². The first-order chi connectivity index (χ1) is 14.2. The largest absolute Gasteiger partial charge is 0.457 e. The number of hydrogen-bond acceptors (Lipinski definition) is 5. The highest BCUT2D eigenvalue weighted by Crippen LogP contribution is 2.38. The summed E-state index contributed by atoms with van der Waals surface area (Å²) in [7, 11) is 0. The lowest BCUT2D eigenvalue weighted by Gasteiger charge is -2.11. The zero-order valence-corrected chi connectivity index (χ0v) is 15.8. The van der Waals surface area contributed by atoms with Crippen LogP contribution in [0.2, 0.25) is 0 Å². The molecule has 0 amide bonds. The van der Waals surface area contributed by atoms with Crippen LogP contribution in [0.15, 0.2) is 67.1 Å². The van der Waals surface area contributed by atoms with Gasteiger partial charge in [0.1, 0.15) is 35.1 Å². The summed E-state index contributed by atoms with van der Waals surface area (Å²) < 4.78 is 7.97. The zero-order chi connectivity index (χ0) is 19.8. The molecule has 2 heterocycles. The van der Waals surface area contributed by atoms with E-state index in [0.29, 0.717) is 24.4 Å². The van der Waals surface area contributed by atoms with Crippen molar-refractivity contribution in [2.75, 3.05) is 5.73 Å². The van der Waals surface area contributed by atoms with Crippen molar-refractivity contribution in [2.24, 2.45) is 0 Å². The number of ether oxygens (including phenoxy) is 1. The van der Waals surface area contributed by atoms with Gasteiger partial charge in [0.2, 0.25) is 0 Å².